The molecule has 29 heavy (non-hydrogen) atoms. The average Bonchev–Trinajstić information content (AvgIpc) is 3.04. The van der Waals surface area contributed by atoms with Gasteiger partial charge in [-0.15, -0.1) is 0 Å². The van der Waals surface area contributed by atoms with Gasteiger partial charge in [0.25, 0.3) is 0 Å². The number of hydrogen-bond donors (Lipinski definition) is 1. The third kappa shape index (κ3) is 3.08. The molecule has 1 heterocycles. The molecule has 4 aliphatic rings. The number of carbonyl (C=O) groups excluding carboxylic acids is 1. The van der Waals surface area contributed by atoms with E-state index in [2.05, 4.69) is 13.0 Å². The Morgan fingerprint density at radius 2 is 2.10 bits per heavy atom. The molecule has 0 saturated heterocycles. The van der Waals surface area contributed by atoms with Crippen LogP contribution in [0.3, 0.4) is 0 Å². The molecule has 0 radical (unpaired) electrons. The van der Waals surface area contributed by atoms with Gasteiger partial charge in [-0.1, -0.05) is 19.1 Å². The van der Waals surface area contributed by atoms with Crippen molar-refractivity contribution in [3.8, 4) is 5.75 Å². The van der Waals surface area contributed by atoms with Crippen molar-refractivity contribution < 1.29 is 14.6 Å². The summed E-state index contributed by atoms with van der Waals surface area (Å²) in [6.07, 6.45) is 12.4. The third-order valence-corrected chi connectivity index (χ3v) is 8.16. The molecule has 0 amide bonds. The second-order valence-electron chi connectivity index (χ2n) is 9.74. The van der Waals surface area contributed by atoms with Gasteiger partial charge in [0.2, 0.25) is 0 Å². The molecule has 1 aromatic rings. The zero-order valence-electron chi connectivity index (χ0n) is 17.4. The van der Waals surface area contributed by atoms with Crippen LogP contribution in [-0.2, 0) is 16.0 Å². The van der Waals surface area contributed by atoms with Gasteiger partial charge in [-0.2, -0.15) is 0 Å². The molecule has 0 spiro atoms. The van der Waals surface area contributed by atoms with Crippen LogP contribution in [0.5, 0.6) is 5.75 Å². The zero-order valence-corrected chi connectivity index (χ0v) is 17.4. The van der Waals surface area contributed by atoms with Crippen LogP contribution in [0.4, 0.5) is 0 Å². The second kappa shape index (κ2) is 6.93. The molecule has 4 nitrogen and oxygen atoms in total. The van der Waals surface area contributed by atoms with Crippen molar-refractivity contribution in [1.29, 1.82) is 0 Å². The predicted molar refractivity (Wildman–Crippen MR) is 112 cm³/mol. The lowest BCUT2D eigenvalue weighted by Crippen LogP contribution is -2.45. The number of fused-ring (bicyclic) bond motifs is 5. The lowest BCUT2D eigenvalue weighted by Gasteiger charge is -2.50. The highest BCUT2D eigenvalue weighted by molar-refractivity contribution is 5.91. The van der Waals surface area contributed by atoms with Gasteiger partial charge < -0.3 is 14.7 Å². The van der Waals surface area contributed by atoms with E-state index in [1.54, 1.807) is 0 Å². The van der Waals surface area contributed by atoms with E-state index in [9.17, 15) is 9.90 Å². The third-order valence-electron chi connectivity index (χ3n) is 8.16. The van der Waals surface area contributed by atoms with Crippen molar-refractivity contribution in [1.82, 2.24) is 4.90 Å². The van der Waals surface area contributed by atoms with E-state index in [0.29, 0.717) is 29.1 Å². The first-order chi connectivity index (χ1) is 14.0. The first-order valence-corrected chi connectivity index (χ1v) is 11.1. The Hall–Kier alpha value is -2.23. The Labute approximate surface area is 173 Å². The fourth-order valence-corrected chi connectivity index (χ4v) is 6.71. The van der Waals surface area contributed by atoms with Gasteiger partial charge in [0, 0.05) is 25.2 Å². The number of ether oxygens (including phenoxy) is 1. The minimum absolute atomic E-state index is 0.0173. The SMILES string of the molecule is CN1C=C(C(=O)O[C@H]2CC[C@H]3[C@@H]4CCc5cc(O)ccc5[C@H]4CC[C@]23C)C=CC1. The molecule has 0 aromatic heterocycles. The smallest absolute Gasteiger partial charge is 0.339 e. The first kappa shape index (κ1) is 18.8. The number of benzene rings is 1. The topological polar surface area (TPSA) is 49.8 Å². The number of nitrogens with zero attached hydrogens (tertiary/aromatic N) is 1. The second-order valence-corrected chi connectivity index (χ2v) is 9.74. The first-order valence-electron chi connectivity index (χ1n) is 11.1. The van der Waals surface area contributed by atoms with E-state index in [0.717, 1.165) is 38.6 Å². The monoisotopic (exact) mass is 393 g/mol. The highest BCUT2D eigenvalue weighted by atomic mass is 16.5. The molecule has 0 bridgehead atoms. The molecule has 3 aliphatic carbocycles. The maximum Gasteiger partial charge on any atom is 0.339 e. The van der Waals surface area contributed by atoms with E-state index >= 15 is 0 Å². The van der Waals surface area contributed by atoms with Crippen LogP contribution in [0.25, 0.3) is 0 Å². The van der Waals surface area contributed by atoms with Crippen LogP contribution in [0.2, 0.25) is 0 Å². The van der Waals surface area contributed by atoms with E-state index in [4.69, 9.17) is 4.74 Å². The van der Waals surface area contributed by atoms with Gasteiger partial charge in [0.1, 0.15) is 11.9 Å². The van der Waals surface area contributed by atoms with Crippen molar-refractivity contribution in [3.63, 3.8) is 0 Å². The van der Waals surface area contributed by atoms with Crippen molar-refractivity contribution in [2.24, 2.45) is 17.3 Å². The van der Waals surface area contributed by atoms with Crippen LogP contribution in [0.1, 0.15) is 56.1 Å². The summed E-state index contributed by atoms with van der Waals surface area (Å²) in [5, 5.41) is 9.86. The Balaban J connectivity index is 1.35. The molecule has 1 N–H and O–H groups in total. The molecule has 5 atom stereocenters. The number of phenolic OH excluding ortho intramolecular Hbond substituents is 1. The van der Waals surface area contributed by atoms with Crippen molar-refractivity contribution in [2.45, 2.75) is 57.5 Å². The predicted octanol–water partition coefficient (Wildman–Crippen LogP) is 4.55. The Morgan fingerprint density at radius 1 is 1.24 bits per heavy atom. The summed E-state index contributed by atoms with van der Waals surface area (Å²) in [6, 6.07) is 5.95. The molecule has 2 saturated carbocycles. The van der Waals surface area contributed by atoms with Gasteiger partial charge in [0.15, 0.2) is 0 Å². The summed E-state index contributed by atoms with van der Waals surface area (Å²) < 4.78 is 6.12. The summed E-state index contributed by atoms with van der Waals surface area (Å²) in [6.45, 7) is 3.20. The fourth-order valence-electron chi connectivity index (χ4n) is 6.71. The molecule has 154 valence electrons. The summed E-state index contributed by atoms with van der Waals surface area (Å²) in [7, 11) is 1.98. The van der Waals surface area contributed by atoms with Crippen LogP contribution in [0.15, 0.2) is 42.1 Å². The minimum Gasteiger partial charge on any atom is -0.508 e. The summed E-state index contributed by atoms with van der Waals surface area (Å²) in [5.41, 5.74) is 3.51. The molecular formula is C25H31NO3. The molecule has 1 aromatic carbocycles. The van der Waals surface area contributed by atoms with Gasteiger partial charge in [-0.05, 0) is 85.6 Å². The van der Waals surface area contributed by atoms with Crippen LogP contribution in [-0.4, -0.2) is 35.7 Å². The highest BCUT2D eigenvalue weighted by Gasteiger charge is 2.56. The Morgan fingerprint density at radius 3 is 2.93 bits per heavy atom. The van der Waals surface area contributed by atoms with Gasteiger partial charge in [0.05, 0.1) is 5.57 Å². The number of aromatic hydroxyl groups is 1. The largest absolute Gasteiger partial charge is 0.508 e. The molecular weight excluding hydrogens is 362 g/mol. The van der Waals surface area contributed by atoms with Gasteiger partial charge in [-0.25, -0.2) is 4.79 Å². The highest BCUT2D eigenvalue weighted by Crippen LogP contribution is 2.61. The molecule has 4 heteroatoms. The van der Waals surface area contributed by atoms with E-state index in [1.165, 1.54) is 17.5 Å². The number of carbonyl (C=O) groups is 1. The quantitative estimate of drug-likeness (QED) is 0.749. The summed E-state index contributed by atoms with van der Waals surface area (Å²) >= 11 is 0. The lowest BCUT2D eigenvalue weighted by molar-refractivity contribution is -0.152. The van der Waals surface area contributed by atoms with Crippen LogP contribution in [0, 0.1) is 17.3 Å². The number of phenols is 1. The van der Waals surface area contributed by atoms with Crippen LogP contribution >= 0.6 is 0 Å². The minimum atomic E-state index is -0.175. The number of esters is 1. The van der Waals surface area contributed by atoms with E-state index < -0.39 is 0 Å². The van der Waals surface area contributed by atoms with E-state index in [-0.39, 0.29) is 17.5 Å². The van der Waals surface area contributed by atoms with Crippen molar-refractivity contribution in [3.05, 3.63) is 53.3 Å². The number of likely N-dealkylation sites (N-methyl/N-ethyl adjacent to an activating group) is 1. The number of aryl methyl sites for hydroxylation is 1. The zero-order chi connectivity index (χ0) is 20.2. The maximum absolute atomic E-state index is 12.8. The van der Waals surface area contributed by atoms with E-state index in [1.807, 2.05) is 42.4 Å². The standard InChI is InChI=1S/C25H31NO3/c1-25-12-11-20-19-8-6-18(27)14-16(19)5-7-21(20)22(25)9-10-23(25)29-24(28)17-4-3-13-26(2)15-17/h3-4,6,8,14-15,20-23,27H,5,7,9-13H2,1-2H3/t20-,21-,22+,23+,25+/m1/s1. The fraction of sp³-hybridized carbons (Fsp3) is 0.560. The van der Waals surface area contributed by atoms with Crippen molar-refractivity contribution >= 4 is 5.97 Å². The summed E-state index contributed by atoms with van der Waals surface area (Å²) in [4.78, 5) is 14.8. The van der Waals surface area contributed by atoms with Gasteiger partial charge >= 0.3 is 5.97 Å². The Bertz CT molecular complexity index is 888. The molecule has 1 aliphatic heterocycles. The van der Waals surface area contributed by atoms with Crippen molar-refractivity contribution in [2.75, 3.05) is 13.6 Å². The number of hydrogen-bond acceptors (Lipinski definition) is 4. The van der Waals surface area contributed by atoms with Crippen LogP contribution < -0.4 is 0 Å². The molecule has 0 unspecified atom stereocenters. The molecule has 5 rings (SSSR count). The maximum atomic E-state index is 12.8. The normalized spacial score (nSPS) is 35.4. The number of rotatable bonds is 2. The molecule has 2 fully saturated rings. The Kier molecular flexibility index (Phi) is 4.49. The van der Waals surface area contributed by atoms with Gasteiger partial charge in [-0.3, -0.25) is 0 Å². The average molecular weight is 394 g/mol. The lowest BCUT2D eigenvalue weighted by atomic mass is 9.55. The summed E-state index contributed by atoms with van der Waals surface area (Å²) in [5.74, 6) is 2.07.